The Morgan fingerprint density at radius 1 is 1.09 bits per heavy atom. The number of methoxy groups -OCH3 is 2. The first kappa shape index (κ1) is 16.0. The van der Waals surface area contributed by atoms with Gasteiger partial charge in [-0.15, -0.1) is 0 Å². The van der Waals surface area contributed by atoms with Gasteiger partial charge in [0.25, 0.3) is 0 Å². The molecule has 22 heavy (non-hydrogen) atoms. The second-order valence-corrected chi connectivity index (χ2v) is 5.16. The number of nitrogens with one attached hydrogen (secondary N) is 1. The Bertz CT molecular complexity index is 653. The summed E-state index contributed by atoms with van der Waals surface area (Å²) in [6, 6.07) is 13.4. The van der Waals surface area contributed by atoms with Crippen LogP contribution in [0.1, 0.15) is 16.7 Å². The summed E-state index contributed by atoms with van der Waals surface area (Å²) < 4.78 is 10.3. The number of hydrogen-bond donors (Lipinski definition) is 1. The maximum Gasteiger partial charge on any atom is 0.228 e. The minimum Gasteiger partial charge on any atom is -0.496 e. The number of aryl methyl sites for hydroxylation is 1. The van der Waals surface area contributed by atoms with Crippen LogP contribution in [0.2, 0.25) is 0 Å². The number of anilines is 1. The molecule has 0 heterocycles. The van der Waals surface area contributed by atoms with Crippen LogP contribution in [-0.2, 0) is 22.6 Å². The SMILES string of the molecule is COCc1cccc(NC(=O)Cc2ccc(OC)c(C)c2)c1. The normalized spacial score (nSPS) is 10.3. The lowest BCUT2D eigenvalue weighted by Gasteiger charge is -2.09. The van der Waals surface area contributed by atoms with Gasteiger partial charge in [-0.05, 0) is 41.8 Å². The maximum absolute atomic E-state index is 12.1. The molecule has 0 bridgehead atoms. The molecule has 0 atom stereocenters. The maximum atomic E-state index is 12.1. The van der Waals surface area contributed by atoms with Gasteiger partial charge in [-0.1, -0.05) is 24.3 Å². The predicted octanol–water partition coefficient (Wildman–Crippen LogP) is 3.33. The highest BCUT2D eigenvalue weighted by atomic mass is 16.5. The average Bonchev–Trinajstić information content (AvgIpc) is 2.48. The molecule has 0 saturated carbocycles. The van der Waals surface area contributed by atoms with Crippen molar-refractivity contribution in [3.8, 4) is 5.75 Å². The highest BCUT2D eigenvalue weighted by molar-refractivity contribution is 5.92. The quantitative estimate of drug-likeness (QED) is 0.890. The van der Waals surface area contributed by atoms with Crippen LogP contribution in [0.5, 0.6) is 5.75 Å². The fourth-order valence-electron chi connectivity index (χ4n) is 2.35. The first-order valence-electron chi connectivity index (χ1n) is 7.13. The molecular formula is C18H21NO3. The van der Waals surface area contributed by atoms with E-state index in [1.54, 1.807) is 14.2 Å². The van der Waals surface area contributed by atoms with Crippen LogP contribution in [0.3, 0.4) is 0 Å². The summed E-state index contributed by atoms with van der Waals surface area (Å²) in [5.41, 5.74) is 3.80. The monoisotopic (exact) mass is 299 g/mol. The zero-order valence-corrected chi connectivity index (χ0v) is 13.2. The number of ether oxygens (including phenoxy) is 2. The van der Waals surface area contributed by atoms with Gasteiger partial charge in [0.05, 0.1) is 20.1 Å². The van der Waals surface area contributed by atoms with E-state index in [1.807, 2.05) is 49.4 Å². The summed E-state index contributed by atoms with van der Waals surface area (Å²) in [5, 5.41) is 2.91. The molecule has 4 heteroatoms. The Morgan fingerprint density at radius 2 is 1.91 bits per heavy atom. The van der Waals surface area contributed by atoms with E-state index in [0.29, 0.717) is 13.0 Å². The van der Waals surface area contributed by atoms with Gasteiger partial charge in [-0.2, -0.15) is 0 Å². The minimum atomic E-state index is -0.0425. The third-order valence-electron chi connectivity index (χ3n) is 3.35. The van der Waals surface area contributed by atoms with Crippen LogP contribution in [0, 0.1) is 6.92 Å². The molecule has 0 fully saturated rings. The molecule has 2 rings (SSSR count). The molecule has 0 aliphatic heterocycles. The molecule has 0 aromatic heterocycles. The van der Waals surface area contributed by atoms with E-state index in [1.165, 1.54) is 0 Å². The van der Waals surface area contributed by atoms with E-state index in [-0.39, 0.29) is 5.91 Å². The van der Waals surface area contributed by atoms with Gasteiger partial charge in [-0.25, -0.2) is 0 Å². The fraction of sp³-hybridized carbons (Fsp3) is 0.278. The van der Waals surface area contributed by atoms with Crippen molar-refractivity contribution in [2.45, 2.75) is 20.0 Å². The van der Waals surface area contributed by atoms with Gasteiger partial charge in [0.1, 0.15) is 5.75 Å². The highest BCUT2D eigenvalue weighted by Gasteiger charge is 2.07. The molecule has 1 amide bonds. The molecule has 0 aliphatic rings. The summed E-state index contributed by atoms with van der Waals surface area (Å²) in [5.74, 6) is 0.788. The Labute approximate surface area is 131 Å². The Balaban J connectivity index is 2.00. The highest BCUT2D eigenvalue weighted by Crippen LogP contribution is 2.19. The largest absolute Gasteiger partial charge is 0.496 e. The molecular weight excluding hydrogens is 278 g/mol. The van der Waals surface area contributed by atoms with E-state index >= 15 is 0 Å². The summed E-state index contributed by atoms with van der Waals surface area (Å²) in [6.07, 6.45) is 0.333. The molecule has 0 spiro atoms. The Kier molecular flexibility index (Phi) is 5.55. The molecule has 2 aromatic carbocycles. The molecule has 0 unspecified atom stereocenters. The number of hydrogen-bond acceptors (Lipinski definition) is 3. The van der Waals surface area contributed by atoms with Crippen molar-refractivity contribution in [1.29, 1.82) is 0 Å². The smallest absolute Gasteiger partial charge is 0.228 e. The second kappa shape index (κ2) is 7.61. The van der Waals surface area contributed by atoms with E-state index < -0.39 is 0 Å². The summed E-state index contributed by atoms with van der Waals surface area (Å²) in [4.78, 5) is 12.1. The first-order chi connectivity index (χ1) is 10.6. The number of benzene rings is 2. The van der Waals surface area contributed by atoms with Gasteiger partial charge >= 0.3 is 0 Å². The fourth-order valence-corrected chi connectivity index (χ4v) is 2.35. The summed E-state index contributed by atoms with van der Waals surface area (Å²) in [7, 11) is 3.29. The molecule has 1 N–H and O–H groups in total. The number of carbonyl (C=O) groups is 1. The third kappa shape index (κ3) is 4.33. The van der Waals surface area contributed by atoms with Crippen LogP contribution in [0.15, 0.2) is 42.5 Å². The van der Waals surface area contributed by atoms with Crippen molar-refractivity contribution >= 4 is 11.6 Å². The third-order valence-corrected chi connectivity index (χ3v) is 3.35. The van der Waals surface area contributed by atoms with Gasteiger partial charge < -0.3 is 14.8 Å². The number of rotatable bonds is 6. The summed E-state index contributed by atoms with van der Waals surface area (Å²) >= 11 is 0. The zero-order chi connectivity index (χ0) is 15.9. The van der Waals surface area contributed by atoms with Crippen LogP contribution >= 0.6 is 0 Å². The molecule has 4 nitrogen and oxygen atoms in total. The second-order valence-electron chi connectivity index (χ2n) is 5.16. The lowest BCUT2D eigenvalue weighted by molar-refractivity contribution is -0.115. The van der Waals surface area contributed by atoms with Gasteiger partial charge in [0.15, 0.2) is 0 Å². The molecule has 0 aliphatic carbocycles. The van der Waals surface area contributed by atoms with E-state index in [4.69, 9.17) is 9.47 Å². The van der Waals surface area contributed by atoms with Crippen LogP contribution in [0.4, 0.5) is 5.69 Å². The molecule has 0 saturated heterocycles. The van der Waals surface area contributed by atoms with Crippen molar-refractivity contribution in [1.82, 2.24) is 0 Å². The molecule has 0 radical (unpaired) electrons. The predicted molar refractivity (Wildman–Crippen MR) is 87.2 cm³/mol. The molecule has 2 aromatic rings. The van der Waals surface area contributed by atoms with Crippen molar-refractivity contribution in [3.05, 3.63) is 59.2 Å². The number of amides is 1. The Hall–Kier alpha value is -2.33. The lowest BCUT2D eigenvalue weighted by atomic mass is 10.1. The Morgan fingerprint density at radius 3 is 2.59 bits per heavy atom. The molecule has 116 valence electrons. The summed E-state index contributed by atoms with van der Waals surface area (Å²) in [6.45, 7) is 2.50. The lowest BCUT2D eigenvalue weighted by Crippen LogP contribution is -2.14. The van der Waals surface area contributed by atoms with E-state index in [0.717, 1.165) is 28.1 Å². The standard InChI is InChI=1S/C18H21NO3/c1-13-9-14(7-8-17(13)22-3)11-18(20)19-16-6-4-5-15(10-16)12-21-2/h4-10H,11-12H2,1-3H3,(H,19,20). The van der Waals surface area contributed by atoms with Crippen LogP contribution in [-0.4, -0.2) is 20.1 Å². The zero-order valence-electron chi connectivity index (χ0n) is 13.2. The van der Waals surface area contributed by atoms with Gasteiger partial charge in [0, 0.05) is 12.8 Å². The van der Waals surface area contributed by atoms with E-state index in [9.17, 15) is 4.79 Å². The minimum absolute atomic E-state index is 0.0425. The average molecular weight is 299 g/mol. The van der Waals surface area contributed by atoms with Crippen molar-refractivity contribution in [3.63, 3.8) is 0 Å². The van der Waals surface area contributed by atoms with Crippen molar-refractivity contribution in [2.75, 3.05) is 19.5 Å². The van der Waals surface area contributed by atoms with Crippen LogP contribution in [0.25, 0.3) is 0 Å². The first-order valence-corrected chi connectivity index (χ1v) is 7.13. The van der Waals surface area contributed by atoms with Gasteiger partial charge in [0.2, 0.25) is 5.91 Å². The van der Waals surface area contributed by atoms with E-state index in [2.05, 4.69) is 5.32 Å². The van der Waals surface area contributed by atoms with Gasteiger partial charge in [-0.3, -0.25) is 4.79 Å². The number of carbonyl (C=O) groups excluding carboxylic acids is 1. The van der Waals surface area contributed by atoms with Crippen molar-refractivity contribution < 1.29 is 14.3 Å². The van der Waals surface area contributed by atoms with Crippen molar-refractivity contribution in [2.24, 2.45) is 0 Å². The van der Waals surface area contributed by atoms with Crippen LogP contribution < -0.4 is 10.1 Å². The topological polar surface area (TPSA) is 47.6 Å².